The predicted octanol–water partition coefficient (Wildman–Crippen LogP) is 2.48. The Balaban J connectivity index is 1.60. The van der Waals surface area contributed by atoms with Gasteiger partial charge in [0, 0.05) is 12.3 Å². The van der Waals surface area contributed by atoms with Gasteiger partial charge in [-0.25, -0.2) is 0 Å². The zero-order chi connectivity index (χ0) is 20.6. The van der Waals surface area contributed by atoms with E-state index in [1.54, 1.807) is 18.2 Å². The second-order valence-corrected chi connectivity index (χ2v) is 6.10. The Hall–Kier alpha value is -3.86. The molecule has 2 aromatic carbocycles. The fourth-order valence-electron chi connectivity index (χ4n) is 2.71. The summed E-state index contributed by atoms with van der Waals surface area (Å²) in [5.41, 5.74) is 0.311. The number of carbonyl (C=O) groups is 1. The molecule has 0 aliphatic carbocycles. The summed E-state index contributed by atoms with van der Waals surface area (Å²) in [4.78, 5) is 12.5. The Kier molecular flexibility index (Phi) is 6.43. The van der Waals surface area contributed by atoms with E-state index in [2.05, 4.69) is 10.6 Å². The Morgan fingerprint density at radius 2 is 2.03 bits per heavy atom. The lowest BCUT2D eigenvalue weighted by atomic mass is 10.2. The summed E-state index contributed by atoms with van der Waals surface area (Å²) in [6.45, 7) is 0.738. The van der Waals surface area contributed by atoms with Crippen molar-refractivity contribution in [2.75, 3.05) is 32.7 Å². The molecule has 0 aromatic heterocycles. The summed E-state index contributed by atoms with van der Waals surface area (Å²) in [5, 5.41) is 14.9. The summed E-state index contributed by atoms with van der Waals surface area (Å²) in [6, 6.07) is 14.3. The molecule has 8 nitrogen and oxygen atoms in total. The molecule has 2 N–H and O–H groups in total. The minimum absolute atomic E-state index is 0.0907. The zero-order valence-corrected chi connectivity index (χ0v) is 16.1. The molecule has 2 aromatic rings. The maximum absolute atomic E-state index is 12.5. The van der Waals surface area contributed by atoms with Crippen molar-refractivity contribution >= 4 is 11.6 Å². The van der Waals surface area contributed by atoms with Gasteiger partial charge in [0.05, 0.1) is 26.5 Å². The summed E-state index contributed by atoms with van der Waals surface area (Å²) >= 11 is 0. The first-order valence-electron chi connectivity index (χ1n) is 8.90. The zero-order valence-electron chi connectivity index (χ0n) is 16.1. The van der Waals surface area contributed by atoms with Crippen LogP contribution in [0.4, 0.5) is 5.69 Å². The molecule has 0 saturated carbocycles. The average Bonchev–Trinajstić information content (AvgIpc) is 2.76. The van der Waals surface area contributed by atoms with E-state index in [9.17, 15) is 10.1 Å². The normalized spacial score (nSPS) is 15.1. The number of hydrogen-bond donors (Lipinski definition) is 2. The third-order valence-electron chi connectivity index (χ3n) is 4.18. The van der Waals surface area contributed by atoms with Crippen molar-refractivity contribution < 1.29 is 23.7 Å². The molecule has 1 aliphatic heterocycles. The highest BCUT2D eigenvalue weighted by atomic mass is 16.6. The van der Waals surface area contributed by atoms with Crippen LogP contribution in [-0.4, -0.2) is 39.4 Å². The average molecular weight is 395 g/mol. The maximum atomic E-state index is 12.5. The maximum Gasteiger partial charge on any atom is 0.267 e. The number of anilines is 1. The lowest BCUT2D eigenvalue weighted by Crippen LogP contribution is -2.37. The second-order valence-electron chi connectivity index (χ2n) is 6.10. The van der Waals surface area contributed by atoms with Crippen LogP contribution < -0.4 is 29.6 Å². The van der Waals surface area contributed by atoms with E-state index < -0.39 is 5.91 Å². The van der Waals surface area contributed by atoms with Crippen molar-refractivity contribution in [1.29, 1.82) is 5.26 Å². The smallest absolute Gasteiger partial charge is 0.267 e. The lowest BCUT2D eigenvalue weighted by molar-refractivity contribution is -0.112. The Labute approximate surface area is 168 Å². The topological polar surface area (TPSA) is 102 Å². The molecule has 1 amide bonds. The van der Waals surface area contributed by atoms with Crippen LogP contribution in [0, 0.1) is 11.3 Å². The Morgan fingerprint density at radius 1 is 1.24 bits per heavy atom. The van der Waals surface area contributed by atoms with Crippen molar-refractivity contribution in [3.63, 3.8) is 0 Å². The molecule has 0 spiro atoms. The van der Waals surface area contributed by atoms with Gasteiger partial charge in [-0.15, -0.1) is 0 Å². The number of hydrogen-bond acceptors (Lipinski definition) is 7. The molecule has 3 rings (SSSR count). The van der Waals surface area contributed by atoms with Gasteiger partial charge in [-0.1, -0.05) is 12.1 Å². The van der Waals surface area contributed by atoms with Gasteiger partial charge in [0.15, 0.2) is 11.5 Å². The summed E-state index contributed by atoms with van der Waals surface area (Å²) < 4.78 is 21.9. The van der Waals surface area contributed by atoms with Crippen LogP contribution in [0.15, 0.2) is 54.2 Å². The number of ether oxygens (including phenoxy) is 4. The number of fused-ring (bicyclic) bond motifs is 1. The number of para-hydroxylation sites is 2. The van der Waals surface area contributed by atoms with Gasteiger partial charge < -0.3 is 29.6 Å². The van der Waals surface area contributed by atoms with E-state index in [-0.39, 0.29) is 11.7 Å². The molecule has 150 valence electrons. The third-order valence-corrected chi connectivity index (χ3v) is 4.18. The van der Waals surface area contributed by atoms with Crippen LogP contribution in [0.25, 0.3) is 0 Å². The van der Waals surface area contributed by atoms with Gasteiger partial charge in [0.2, 0.25) is 0 Å². The van der Waals surface area contributed by atoms with Crippen LogP contribution in [0.3, 0.4) is 0 Å². The van der Waals surface area contributed by atoms with E-state index in [0.29, 0.717) is 41.8 Å². The molecule has 0 saturated heterocycles. The first-order chi connectivity index (χ1) is 14.1. The SMILES string of the molecule is COc1ccc(OC)c(NC(=O)/C(C#N)=C\NCC2COc3ccccc3O2)c1. The van der Waals surface area contributed by atoms with Crippen LogP contribution in [0.2, 0.25) is 0 Å². The van der Waals surface area contributed by atoms with E-state index in [1.165, 1.54) is 20.4 Å². The van der Waals surface area contributed by atoms with E-state index in [1.807, 2.05) is 30.3 Å². The van der Waals surface area contributed by atoms with Crippen LogP contribution >= 0.6 is 0 Å². The van der Waals surface area contributed by atoms with Gasteiger partial charge in [0.1, 0.15) is 35.9 Å². The highest BCUT2D eigenvalue weighted by molar-refractivity contribution is 6.07. The number of nitriles is 1. The lowest BCUT2D eigenvalue weighted by Gasteiger charge is -2.26. The summed E-state index contributed by atoms with van der Waals surface area (Å²) in [5.74, 6) is 1.80. The van der Waals surface area contributed by atoms with Gasteiger partial charge in [-0.3, -0.25) is 4.79 Å². The highest BCUT2D eigenvalue weighted by Crippen LogP contribution is 2.31. The number of amides is 1. The van der Waals surface area contributed by atoms with E-state index >= 15 is 0 Å². The number of rotatable bonds is 7. The van der Waals surface area contributed by atoms with E-state index in [0.717, 1.165) is 0 Å². The van der Waals surface area contributed by atoms with E-state index in [4.69, 9.17) is 18.9 Å². The van der Waals surface area contributed by atoms with Crippen molar-refractivity contribution in [3.8, 4) is 29.1 Å². The van der Waals surface area contributed by atoms with Crippen molar-refractivity contribution in [2.45, 2.75) is 6.10 Å². The number of benzene rings is 2. The molecular weight excluding hydrogens is 374 g/mol. The van der Waals surface area contributed by atoms with Gasteiger partial charge in [-0.05, 0) is 24.3 Å². The molecule has 29 heavy (non-hydrogen) atoms. The number of methoxy groups -OCH3 is 2. The van der Waals surface area contributed by atoms with Crippen LogP contribution in [0.1, 0.15) is 0 Å². The van der Waals surface area contributed by atoms with Crippen molar-refractivity contribution in [1.82, 2.24) is 5.32 Å². The fourth-order valence-corrected chi connectivity index (χ4v) is 2.71. The Morgan fingerprint density at radius 3 is 2.76 bits per heavy atom. The van der Waals surface area contributed by atoms with Crippen molar-refractivity contribution in [2.24, 2.45) is 0 Å². The molecular formula is C21H21N3O5. The minimum Gasteiger partial charge on any atom is -0.497 e. The molecule has 0 fully saturated rings. The minimum atomic E-state index is -0.572. The molecule has 1 atom stereocenters. The largest absolute Gasteiger partial charge is 0.497 e. The highest BCUT2D eigenvalue weighted by Gasteiger charge is 2.20. The summed E-state index contributed by atoms with van der Waals surface area (Å²) in [6.07, 6.45) is 1.11. The fraction of sp³-hybridized carbons (Fsp3) is 0.238. The first kappa shape index (κ1) is 19.9. The monoisotopic (exact) mass is 395 g/mol. The Bertz CT molecular complexity index is 952. The predicted molar refractivity (Wildman–Crippen MR) is 106 cm³/mol. The molecule has 1 unspecified atom stereocenters. The molecule has 0 radical (unpaired) electrons. The first-order valence-corrected chi connectivity index (χ1v) is 8.90. The number of nitrogens with one attached hydrogen (secondary N) is 2. The molecule has 0 bridgehead atoms. The summed E-state index contributed by atoms with van der Waals surface area (Å²) in [7, 11) is 3.01. The van der Waals surface area contributed by atoms with Crippen LogP contribution in [0.5, 0.6) is 23.0 Å². The molecule has 1 heterocycles. The standard InChI is InChI=1S/C21H21N3O5/c1-26-15-7-8-18(27-2)17(9-15)24-21(25)14(10-22)11-23-12-16-13-28-19-5-3-4-6-20(19)29-16/h3-9,11,16,23H,12-13H2,1-2H3,(H,24,25)/b14-11-. The number of nitrogens with zero attached hydrogens (tertiary/aromatic N) is 1. The second kappa shape index (κ2) is 9.37. The quantitative estimate of drug-likeness (QED) is 0.548. The van der Waals surface area contributed by atoms with Gasteiger partial charge >= 0.3 is 0 Å². The number of carbonyl (C=O) groups excluding carboxylic acids is 1. The van der Waals surface area contributed by atoms with Crippen molar-refractivity contribution in [3.05, 3.63) is 54.2 Å². The third kappa shape index (κ3) is 4.90. The molecule has 1 aliphatic rings. The van der Waals surface area contributed by atoms with Gasteiger partial charge in [0.25, 0.3) is 5.91 Å². The molecule has 8 heteroatoms. The van der Waals surface area contributed by atoms with Crippen LogP contribution in [-0.2, 0) is 4.79 Å². The van der Waals surface area contributed by atoms with Gasteiger partial charge in [-0.2, -0.15) is 5.26 Å².